The zero-order valence-corrected chi connectivity index (χ0v) is 14.1. The number of ether oxygens (including phenoxy) is 2. The van der Waals surface area contributed by atoms with Crippen molar-refractivity contribution >= 4 is 11.3 Å². The molecule has 0 aliphatic carbocycles. The Hall–Kier alpha value is -1.47. The fourth-order valence-corrected chi connectivity index (χ4v) is 3.33. The average Bonchev–Trinajstić information content (AvgIpc) is 3.01. The van der Waals surface area contributed by atoms with Crippen LogP contribution in [0.4, 0.5) is 0 Å². The number of β-amino-alcohol motifs (C(OH)–C–C–N with tert-alkyl or cyclic N) is 1. The molecule has 3 rings (SSSR count). The van der Waals surface area contributed by atoms with Crippen LogP contribution in [-0.2, 0) is 4.74 Å². The Morgan fingerprint density at radius 1 is 1.39 bits per heavy atom. The third-order valence-electron chi connectivity index (χ3n) is 3.72. The number of aliphatic hydroxyl groups is 1. The number of morpholine rings is 1. The summed E-state index contributed by atoms with van der Waals surface area (Å²) in [7, 11) is 0. The van der Waals surface area contributed by atoms with Crippen LogP contribution < -0.4 is 4.74 Å². The molecule has 0 bridgehead atoms. The van der Waals surface area contributed by atoms with E-state index in [-0.39, 0.29) is 6.61 Å². The number of hydrogen-bond acceptors (Lipinski definition) is 6. The predicted octanol–water partition coefficient (Wildman–Crippen LogP) is 2.19. The van der Waals surface area contributed by atoms with Crippen LogP contribution in [0, 0.1) is 6.92 Å². The molecule has 1 N–H and O–H groups in total. The van der Waals surface area contributed by atoms with Gasteiger partial charge in [-0.05, 0) is 19.1 Å². The molecule has 23 heavy (non-hydrogen) atoms. The topological polar surface area (TPSA) is 54.8 Å². The lowest BCUT2D eigenvalue weighted by molar-refractivity contribution is 0.00466. The first kappa shape index (κ1) is 16.4. The van der Waals surface area contributed by atoms with E-state index in [0.717, 1.165) is 48.3 Å². The fraction of sp³-hybridized carbons (Fsp3) is 0.471. The number of hydrogen-bond donors (Lipinski definition) is 1. The van der Waals surface area contributed by atoms with E-state index in [1.165, 1.54) is 0 Å². The molecule has 1 saturated heterocycles. The summed E-state index contributed by atoms with van der Waals surface area (Å²) in [5.41, 5.74) is 2.07. The van der Waals surface area contributed by atoms with Gasteiger partial charge >= 0.3 is 0 Å². The smallest absolute Gasteiger partial charge is 0.123 e. The molecule has 1 aliphatic heterocycles. The summed E-state index contributed by atoms with van der Waals surface area (Å²) in [6, 6.07) is 7.86. The zero-order valence-electron chi connectivity index (χ0n) is 13.3. The Bertz CT molecular complexity index is 626. The molecular formula is C17H22N2O3S. The van der Waals surface area contributed by atoms with Crippen molar-refractivity contribution in [1.82, 2.24) is 9.88 Å². The Morgan fingerprint density at radius 3 is 2.96 bits per heavy atom. The third kappa shape index (κ3) is 4.75. The highest BCUT2D eigenvalue weighted by atomic mass is 32.1. The first-order chi connectivity index (χ1) is 11.2. The van der Waals surface area contributed by atoms with Gasteiger partial charge in [0.25, 0.3) is 0 Å². The number of nitrogens with zero attached hydrogens (tertiary/aromatic N) is 2. The molecule has 1 fully saturated rings. The second kappa shape index (κ2) is 7.88. The molecule has 1 aromatic heterocycles. The maximum atomic E-state index is 10.1. The molecule has 2 aromatic rings. The third-order valence-corrected chi connectivity index (χ3v) is 4.72. The number of aryl methyl sites for hydroxylation is 1. The van der Waals surface area contributed by atoms with Crippen molar-refractivity contribution in [2.24, 2.45) is 0 Å². The second-order valence-corrected chi connectivity index (χ2v) is 6.56. The van der Waals surface area contributed by atoms with Crippen LogP contribution >= 0.6 is 11.3 Å². The Balaban J connectivity index is 1.53. The minimum atomic E-state index is -0.501. The predicted molar refractivity (Wildman–Crippen MR) is 91.0 cm³/mol. The van der Waals surface area contributed by atoms with E-state index >= 15 is 0 Å². The lowest BCUT2D eigenvalue weighted by Crippen LogP contribution is -2.42. The van der Waals surface area contributed by atoms with E-state index < -0.39 is 6.10 Å². The molecule has 0 unspecified atom stereocenters. The molecule has 2 heterocycles. The van der Waals surface area contributed by atoms with Crippen molar-refractivity contribution in [1.29, 1.82) is 0 Å². The van der Waals surface area contributed by atoms with E-state index in [0.29, 0.717) is 6.54 Å². The largest absolute Gasteiger partial charge is 0.491 e. The van der Waals surface area contributed by atoms with Gasteiger partial charge in [-0.25, -0.2) is 4.98 Å². The van der Waals surface area contributed by atoms with Gasteiger partial charge in [0.05, 0.1) is 13.2 Å². The van der Waals surface area contributed by atoms with Crippen molar-refractivity contribution < 1.29 is 14.6 Å². The maximum absolute atomic E-state index is 10.1. The summed E-state index contributed by atoms with van der Waals surface area (Å²) in [5.74, 6) is 0.761. The molecule has 0 spiro atoms. The molecular weight excluding hydrogens is 312 g/mol. The van der Waals surface area contributed by atoms with Gasteiger partial charge in [-0.15, -0.1) is 11.3 Å². The lowest BCUT2D eigenvalue weighted by atomic mass is 10.2. The summed E-state index contributed by atoms with van der Waals surface area (Å²) in [5, 5.41) is 13.2. The highest BCUT2D eigenvalue weighted by Crippen LogP contribution is 2.26. The minimum absolute atomic E-state index is 0.289. The van der Waals surface area contributed by atoms with Gasteiger partial charge in [0.2, 0.25) is 0 Å². The Morgan fingerprint density at radius 2 is 2.22 bits per heavy atom. The normalized spacial score (nSPS) is 17.1. The highest BCUT2D eigenvalue weighted by molar-refractivity contribution is 7.13. The second-order valence-electron chi connectivity index (χ2n) is 5.70. The number of thiazole rings is 1. The summed E-state index contributed by atoms with van der Waals surface area (Å²) in [6.45, 7) is 6.12. The fourth-order valence-electron chi connectivity index (χ4n) is 2.53. The van der Waals surface area contributed by atoms with Crippen LogP contribution in [0.3, 0.4) is 0 Å². The average molecular weight is 334 g/mol. The molecule has 0 amide bonds. The van der Waals surface area contributed by atoms with Crippen molar-refractivity contribution in [3.05, 3.63) is 35.3 Å². The van der Waals surface area contributed by atoms with Gasteiger partial charge < -0.3 is 14.6 Å². The summed E-state index contributed by atoms with van der Waals surface area (Å²) >= 11 is 1.62. The van der Waals surface area contributed by atoms with Gasteiger partial charge in [-0.2, -0.15) is 0 Å². The first-order valence-electron chi connectivity index (χ1n) is 7.84. The highest BCUT2D eigenvalue weighted by Gasteiger charge is 2.15. The van der Waals surface area contributed by atoms with Crippen LogP contribution in [0.2, 0.25) is 0 Å². The van der Waals surface area contributed by atoms with Gasteiger partial charge in [0.15, 0.2) is 0 Å². The van der Waals surface area contributed by atoms with E-state index in [4.69, 9.17) is 9.47 Å². The summed E-state index contributed by atoms with van der Waals surface area (Å²) in [6.07, 6.45) is -0.501. The Labute approximate surface area is 140 Å². The first-order valence-corrected chi connectivity index (χ1v) is 8.72. The minimum Gasteiger partial charge on any atom is -0.491 e. The van der Waals surface area contributed by atoms with Gasteiger partial charge in [0, 0.05) is 36.3 Å². The van der Waals surface area contributed by atoms with Gasteiger partial charge in [-0.1, -0.05) is 12.1 Å². The summed E-state index contributed by atoms with van der Waals surface area (Å²) in [4.78, 5) is 6.69. The van der Waals surface area contributed by atoms with Crippen LogP contribution in [0.1, 0.15) is 5.69 Å². The number of benzene rings is 1. The van der Waals surface area contributed by atoms with Crippen molar-refractivity contribution in [2.75, 3.05) is 39.5 Å². The van der Waals surface area contributed by atoms with E-state index in [9.17, 15) is 5.11 Å². The molecule has 124 valence electrons. The Kier molecular flexibility index (Phi) is 5.61. The zero-order chi connectivity index (χ0) is 16.1. The van der Waals surface area contributed by atoms with Crippen molar-refractivity contribution in [2.45, 2.75) is 13.0 Å². The molecule has 6 heteroatoms. The molecule has 1 atom stereocenters. The lowest BCUT2D eigenvalue weighted by Gasteiger charge is -2.28. The van der Waals surface area contributed by atoms with Crippen LogP contribution in [-0.4, -0.2) is 60.5 Å². The monoisotopic (exact) mass is 334 g/mol. The number of rotatable bonds is 6. The van der Waals surface area contributed by atoms with Crippen LogP contribution in [0.25, 0.3) is 10.6 Å². The molecule has 5 nitrogen and oxygen atoms in total. The summed E-state index contributed by atoms with van der Waals surface area (Å²) < 4.78 is 11.1. The van der Waals surface area contributed by atoms with Crippen LogP contribution in [0.5, 0.6) is 5.75 Å². The number of aliphatic hydroxyl groups excluding tert-OH is 1. The van der Waals surface area contributed by atoms with Crippen molar-refractivity contribution in [3.8, 4) is 16.3 Å². The van der Waals surface area contributed by atoms with E-state index in [2.05, 4.69) is 9.88 Å². The maximum Gasteiger partial charge on any atom is 0.123 e. The number of aromatic nitrogens is 1. The molecule has 0 radical (unpaired) electrons. The van der Waals surface area contributed by atoms with Crippen LogP contribution in [0.15, 0.2) is 29.6 Å². The molecule has 1 aromatic carbocycles. The standard InChI is InChI=1S/C17H22N2O3S/c1-13-12-23-17(18-13)14-3-2-4-16(9-14)22-11-15(20)10-19-5-7-21-8-6-19/h2-4,9,12,15,20H,5-8,10-11H2,1H3/t15-/m1/s1. The quantitative estimate of drug-likeness (QED) is 0.878. The van der Waals surface area contributed by atoms with Gasteiger partial charge in [-0.3, -0.25) is 4.90 Å². The van der Waals surface area contributed by atoms with Gasteiger partial charge in [0.1, 0.15) is 23.5 Å². The van der Waals surface area contributed by atoms with Crippen molar-refractivity contribution in [3.63, 3.8) is 0 Å². The van der Waals surface area contributed by atoms with E-state index in [1.807, 2.05) is 36.6 Å². The molecule has 0 saturated carbocycles. The van der Waals surface area contributed by atoms with E-state index in [1.54, 1.807) is 11.3 Å². The molecule has 1 aliphatic rings. The SMILES string of the molecule is Cc1csc(-c2cccc(OC[C@H](O)CN3CCOCC3)c2)n1.